The number of thiol groups is 1. The molecular weight excluding hydrogens is 175 g/mol. The predicted molar refractivity (Wildman–Crippen MR) is 41.9 cm³/mol. The van der Waals surface area contributed by atoms with E-state index < -0.39 is 6.72 Å². The maximum atomic E-state index is 8.62. The van der Waals surface area contributed by atoms with Crippen molar-refractivity contribution in [1.29, 1.82) is 0 Å². The average Bonchev–Trinajstić information content (AvgIpc) is 2.12. The van der Waals surface area contributed by atoms with E-state index in [-0.39, 0.29) is 11.1 Å². The van der Waals surface area contributed by atoms with Gasteiger partial charge in [0.2, 0.25) is 0 Å². The molecule has 10 heavy (non-hydrogen) atoms. The van der Waals surface area contributed by atoms with Crippen molar-refractivity contribution in [2.24, 2.45) is 0 Å². The molecule has 1 aliphatic rings. The molecule has 1 heterocycles. The van der Waals surface area contributed by atoms with Crippen molar-refractivity contribution in [2.75, 3.05) is 19.8 Å². The normalized spacial score (nSPS) is 21.9. The lowest BCUT2D eigenvalue weighted by atomic mass is 10.7. The SMILES string of the molecule is OP(O)(O)=[SH]N1CCNC1. The second-order valence-corrected chi connectivity index (χ2v) is 5.98. The Morgan fingerprint density at radius 3 is 2.50 bits per heavy atom. The van der Waals surface area contributed by atoms with Gasteiger partial charge in [-0.25, -0.2) is 4.31 Å². The van der Waals surface area contributed by atoms with Crippen LogP contribution >= 0.6 is 6.72 Å². The molecule has 5 nitrogen and oxygen atoms in total. The Balaban J connectivity index is 2.51. The molecule has 1 aliphatic heterocycles. The summed E-state index contributed by atoms with van der Waals surface area (Å²) in [6.07, 6.45) is 0. The first-order chi connectivity index (χ1) is 4.58. The molecule has 1 rings (SSSR count). The molecule has 1 saturated heterocycles. The Hall–Kier alpha value is 0.580. The number of nitrogens with one attached hydrogen (secondary N) is 1. The highest BCUT2D eigenvalue weighted by molar-refractivity contribution is 8.15. The predicted octanol–water partition coefficient (Wildman–Crippen LogP) is -1.77. The molecule has 0 bridgehead atoms. The summed E-state index contributed by atoms with van der Waals surface area (Å²) < 4.78 is 1.73. The Labute approximate surface area is 62.6 Å². The van der Waals surface area contributed by atoms with Crippen LogP contribution in [-0.4, -0.2) is 38.7 Å². The fourth-order valence-electron chi connectivity index (χ4n) is 0.741. The van der Waals surface area contributed by atoms with E-state index in [0.29, 0.717) is 6.67 Å². The van der Waals surface area contributed by atoms with Gasteiger partial charge in [0, 0.05) is 13.1 Å². The van der Waals surface area contributed by atoms with Crippen LogP contribution in [0.1, 0.15) is 0 Å². The lowest BCUT2D eigenvalue weighted by Gasteiger charge is -2.10. The summed E-state index contributed by atoms with van der Waals surface area (Å²) in [4.78, 5) is 25.9. The van der Waals surface area contributed by atoms with Gasteiger partial charge in [0.15, 0.2) is 0 Å². The van der Waals surface area contributed by atoms with Crippen LogP contribution < -0.4 is 5.32 Å². The van der Waals surface area contributed by atoms with Crippen molar-refractivity contribution in [3.05, 3.63) is 0 Å². The lowest BCUT2D eigenvalue weighted by Crippen LogP contribution is -2.16. The van der Waals surface area contributed by atoms with E-state index in [1.807, 2.05) is 0 Å². The molecule has 7 heteroatoms. The number of rotatable bonds is 1. The van der Waals surface area contributed by atoms with Gasteiger partial charge in [0.25, 0.3) is 6.72 Å². The fourth-order valence-corrected chi connectivity index (χ4v) is 2.91. The minimum Gasteiger partial charge on any atom is -0.328 e. The molecule has 1 fully saturated rings. The second kappa shape index (κ2) is 3.32. The van der Waals surface area contributed by atoms with Crippen LogP contribution in [-0.2, 0) is 11.1 Å². The van der Waals surface area contributed by atoms with Crippen molar-refractivity contribution in [1.82, 2.24) is 9.62 Å². The van der Waals surface area contributed by atoms with Crippen LogP contribution in [0.25, 0.3) is 0 Å². The maximum absolute atomic E-state index is 8.62. The first-order valence-corrected chi connectivity index (χ1v) is 6.04. The number of nitrogens with zero attached hydrogens (tertiary/aromatic N) is 1. The molecule has 0 radical (unpaired) electrons. The van der Waals surface area contributed by atoms with Crippen LogP contribution in [0.15, 0.2) is 0 Å². The molecule has 0 aromatic carbocycles. The molecule has 0 amide bonds. The average molecular weight is 186 g/mol. The zero-order chi connectivity index (χ0) is 7.61. The third kappa shape index (κ3) is 3.12. The fraction of sp³-hybridized carbons (Fsp3) is 1.00. The molecule has 0 aromatic rings. The molecule has 0 atom stereocenters. The standard InChI is InChI=1S/C3H11N2O3PS/c6-9(7,8)10-5-2-1-4-3-5/h4,6-8,10H,1-3H2. The van der Waals surface area contributed by atoms with Gasteiger partial charge in [-0.1, -0.05) is 11.1 Å². The Morgan fingerprint density at radius 2 is 2.10 bits per heavy atom. The summed E-state index contributed by atoms with van der Waals surface area (Å²) in [5, 5.41) is 3.00. The van der Waals surface area contributed by atoms with Gasteiger partial charge in [0.1, 0.15) is 0 Å². The van der Waals surface area contributed by atoms with Crippen molar-refractivity contribution in [2.45, 2.75) is 0 Å². The van der Waals surface area contributed by atoms with Crippen LogP contribution in [0.3, 0.4) is 0 Å². The highest BCUT2D eigenvalue weighted by Gasteiger charge is 2.11. The van der Waals surface area contributed by atoms with Gasteiger partial charge in [-0.2, -0.15) is 0 Å². The molecule has 0 aromatic heterocycles. The van der Waals surface area contributed by atoms with Gasteiger partial charge in [-0.15, -0.1) is 0 Å². The van der Waals surface area contributed by atoms with Crippen LogP contribution in [0, 0.1) is 0 Å². The molecule has 0 aliphatic carbocycles. The smallest absolute Gasteiger partial charge is 0.288 e. The van der Waals surface area contributed by atoms with Crippen LogP contribution in [0.5, 0.6) is 0 Å². The van der Waals surface area contributed by atoms with Crippen LogP contribution in [0.4, 0.5) is 0 Å². The van der Waals surface area contributed by atoms with Gasteiger partial charge in [0.05, 0.1) is 6.67 Å². The highest BCUT2D eigenvalue weighted by Crippen LogP contribution is 2.31. The molecule has 0 saturated carbocycles. The minimum atomic E-state index is -3.61. The molecule has 4 N–H and O–H groups in total. The second-order valence-electron chi connectivity index (χ2n) is 2.01. The van der Waals surface area contributed by atoms with Gasteiger partial charge in [-0.05, 0) is 0 Å². The van der Waals surface area contributed by atoms with Crippen molar-refractivity contribution in [3.63, 3.8) is 0 Å². The lowest BCUT2D eigenvalue weighted by molar-refractivity contribution is 0.361. The topological polar surface area (TPSA) is 76.0 Å². The summed E-state index contributed by atoms with van der Waals surface area (Å²) in [7, 11) is 0. The summed E-state index contributed by atoms with van der Waals surface area (Å²) in [5.41, 5.74) is 0. The van der Waals surface area contributed by atoms with E-state index in [9.17, 15) is 0 Å². The summed E-state index contributed by atoms with van der Waals surface area (Å²) in [5.74, 6) is 0. The highest BCUT2D eigenvalue weighted by atomic mass is 32.5. The zero-order valence-corrected chi connectivity index (χ0v) is 7.09. The van der Waals surface area contributed by atoms with Gasteiger partial charge in [-0.3, -0.25) is 0 Å². The molecule has 0 unspecified atom stereocenters. The third-order valence-corrected chi connectivity index (χ3v) is 3.40. The monoisotopic (exact) mass is 186 g/mol. The molecule has 62 valence electrons. The minimum absolute atomic E-state index is 0.228. The van der Waals surface area contributed by atoms with Gasteiger partial charge < -0.3 is 20.0 Å². The number of hydrogen-bond acceptors (Lipinski definition) is 1. The maximum Gasteiger partial charge on any atom is 0.288 e. The first-order valence-electron chi connectivity index (χ1n) is 2.84. The summed E-state index contributed by atoms with van der Waals surface area (Å²) in [6.45, 7) is -1.40. The summed E-state index contributed by atoms with van der Waals surface area (Å²) in [6, 6.07) is 0. The Bertz CT molecular complexity index is 155. The van der Waals surface area contributed by atoms with E-state index in [1.165, 1.54) is 0 Å². The molecular formula is C3H11N2O3PS. The van der Waals surface area contributed by atoms with E-state index in [0.717, 1.165) is 13.1 Å². The van der Waals surface area contributed by atoms with Crippen molar-refractivity contribution in [3.8, 4) is 0 Å². The van der Waals surface area contributed by atoms with E-state index in [4.69, 9.17) is 14.7 Å². The van der Waals surface area contributed by atoms with E-state index in [2.05, 4.69) is 5.32 Å². The number of hydrogen-bond donors (Lipinski definition) is 5. The van der Waals surface area contributed by atoms with E-state index >= 15 is 0 Å². The zero-order valence-electron chi connectivity index (χ0n) is 5.30. The van der Waals surface area contributed by atoms with Gasteiger partial charge >= 0.3 is 0 Å². The first kappa shape index (κ1) is 8.67. The Morgan fingerprint density at radius 1 is 1.40 bits per heavy atom. The summed E-state index contributed by atoms with van der Waals surface area (Å²) >= 11 is 0.228. The van der Waals surface area contributed by atoms with E-state index in [1.54, 1.807) is 4.31 Å². The van der Waals surface area contributed by atoms with Crippen LogP contribution in [0.2, 0.25) is 0 Å². The third-order valence-electron chi connectivity index (χ3n) is 1.09. The molecule has 0 spiro atoms. The largest absolute Gasteiger partial charge is 0.328 e. The van der Waals surface area contributed by atoms with Crippen molar-refractivity contribution >= 4 is 17.8 Å². The Kier molecular flexibility index (Phi) is 2.88. The quantitative estimate of drug-likeness (QED) is 0.247. The van der Waals surface area contributed by atoms with Crippen molar-refractivity contribution < 1.29 is 14.7 Å².